The Kier molecular flexibility index (Phi) is 3.36. The van der Waals surface area contributed by atoms with Gasteiger partial charge in [0.15, 0.2) is 0 Å². The molecule has 0 saturated carbocycles. The van der Waals surface area contributed by atoms with Crippen LogP contribution in [0.2, 0.25) is 0 Å². The van der Waals surface area contributed by atoms with Crippen LogP contribution >= 0.6 is 0 Å². The Morgan fingerprint density at radius 2 is 2.05 bits per heavy atom. The fourth-order valence-corrected chi connectivity index (χ4v) is 3.18. The number of aliphatic hydroxyl groups is 1. The molecule has 0 spiro atoms. The van der Waals surface area contributed by atoms with Crippen molar-refractivity contribution >= 4 is 0 Å². The second kappa shape index (κ2) is 4.95. The molecule has 1 atom stereocenters. The van der Waals surface area contributed by atoms with Crippen LogP contribution in [-0.4, -0.2) is 9.67 Å². The van der Waals surface area contributed by atoms with E-state index in [1.165, 1.54) is 6.07 Å². The Bertz CT molecular complexity index is 675. The van der Waals surface area contributed by atoms with Crippen LogP contribution in [0.5, 0.6) is 0 Å². The van der Waals surface area contributed by atoms with Crippen molar-refractivity contribution in [3.63, 3.8) is 0 Å². The van der Waals surface area contributed by atoms with E-state index in [1.54, 1.807) is 0 Å². The van der Waals surface area contributed by atoms with Gasteiger partial charge in [0, 0.05) is 23.0 Å². The largest absolute Gasteiger partial charge is 0.388 e. The number of aromatic nitrogens is 1. The molecule has 1 N–H and O–H groups in total. The highest BCUT2D eigenvalue weighted by Crippen LogP contribution is 2.41. The molecule has 1 aromatic carbocycles. The average Bonchev–Trinajstić information content (AvgIpc) is 2.76. The first-order chi connectivity index (χ1) is 9.85. The van der Waals surface area contributed by atoms with Gasteiger partial charge in [0.1, 0.15) is 11.6 Å². The van der Waals surface area contributed by atoms with Gasteiger partial charge in [0.25, 0.3) is 0 Å². The Balaban J connectivity index is 1.96. The summed E-state index contributed by atoms with van der Waals surface area (Å²) >= 11 is 0. The number of hydrogen-bond donors (Lipinski definition) is 1. The quantitative estimate of drug-likeness (QED) is 0.894. The number of benzene rings is 1. The van der Waals surface area contributed by atoms with Crippen molar-refractivity contribution in [1.29, 1.82) is 0 Å². The van der Waals surface area contributed by atoms with Gasteiger partial charge in [0.2, 0.25) is 0 Å². The van der Waals surface area contributed by atoms with Gasteiger partial charge in [-0.25, -0.2) is 8.78 Å². The molecule has 0 bridgehead atoms. The van der Waals surface area contributed by atoms with Gasteiger partial charge >= 0.3 is 0 Å². The molecule has 2 aromatic rings. The first-order valence-electron chi connectivity index (χ1n) is 7.16. The second-order valence-electron chi connectivity index (χ2n) is 6.64. The molecule has 1 aromatic heterocycles. The van der Waals surface area contributed by atoms with E-state index in [-0.39, 0.29) is 12.0 Å². The summed E-state index contributed by atoms with van der Waals surface area (Å²) in [4.78, 5) is 0. The molecule has 0 amide bonds. The molecular formula is C17H19F2NO. The van der Waals surface area contributed by atoms with Crippen LogP contribution in [0.4, 0.5) is 8.78 Å². The number of rotatable bonds is 2. The lowest BCUT2D eigenvalue weighted by Crippen LogP contribution is -2.27. The summed E-state index contributed by atoms with van der Waals surface area (Å²) in [5.41, 5.74) is 2.25. The SMILES string of the molecule is CC1(C)Cc2c(ccn2Cc2cc(F)ccc2F)C(O)C1. The third kappa shape index (κ3) is 2.72. The minimum absolute atomic E-state index is 0.00298. The zero-order chi connectivity index (χ0) is 15.2. The molecule has 2 nitrogen and oxygen atoms in total. The summed E-state index contributed by atoms with van der Waals surface area (Å²) < 4.78 is 29.0. The summed E-state index contributed by atoms with van der Waals surface area (Å²) in [5.74, 6) is -0.845. The van der Waals surface area contributed by atoms with Crippen molar-refractivity contribution in [3.05, 3.63) is 58.9 Å². The number of fused-ring (bicyclic) bond motifs is 1. The van der Waals surface area contributed by atoms with Crippen LogP contribution in [-0.2, 0) is 13.0 Å². The van der Waals surface area contributed by atoms with E-state index < -0.39 is 17.7 Å². The highest BCUT2D eigenvalue weighted by atomic mass is 19.1. The first-order valence-corrected chi connectivity index (χ1v) is 7.16. The van der Waals surface area contributed by atoms with Gasteiger partial charge in [-0.2, -0.15) is 0 Å². The van der Waals surface area contributed by atoms with E-state index >= 15 is 0 Å². The van der Waals surface area contributed by atoms with Crippen molar-refractivity contribution in [2.75, 3.05) is 0 Å². The average molecular weight is 291 g/mol. The van der Waals surface area contributed by atoms with Gasteiger partial charge in [-0.3, -0.25) is 0 Å². The van der Waals surface area contributed by atoms with E-state index in [0.717, 1.165) is 36.2 Å². The smallest absolute Gasteiger partial charge is 0.128 e. The monoisotopic (exact) mass is 291 g/mol. The molecule has 0 aliphatic heterocycles. The topological polar surface area (TPSA) is 25.2 Å². The Morgan fingerprint density at radius 3 is 2.81 bits per heavy atom. The molecule has 1 aliphatic rings. The van der Waals surface area contributed by atoms with E-state index in [2.05, 4.69) is 13.8 Å². The Hall–Kier alpha value is -1.68. The minimum Gasteiger partial charge on any atom is -0.388 e. The summed E-state index contributed by atoms with van der Waals surface area (Å²) in [5, 5.41) is 10.2. The summed E-state index contributed by atoms with van der Waals surface area (Å²) in [7, 11) is 0. The van der Waals surface area contributed by atoms with Crippen LogP contribution in [0, 0.1) is 17.0 Å². The van der Waals surface area contributed by atoms with E-state index in [4.69, 9.17) is 0 Å². The minimum atomic E-state index is -0.484. The van der Waals surface area contributed by atoms with Crippen LogP contribution in [0.1, 0.15) is 43.2 Å². The third-order valence-corrected chi connectivity index (χ3v) is 4.21. The predicted molar refractivity (Wildman–Crippen MR) is 77.0 cm³/mol. The van der Waals surface area contributed by atoms with Crippen LogP contribution in [0.3, 0.4) is 0 Å². The highest BCUT2D eigenvalue weighted by molar-refractivity contribution is 5.30. The number of hydrogen-bond acceptors (Lipinski definition) is 1. The van der Waals surface area contributed by atoms with E-state index in [9.17, 15) is 13.9 Å². The summed E-state index contributed by atoms with van der Waals surface area (Å²) in [6, 6.07) is 5.38. The molecule has 0 saturated heterocycles. The zero-order valence-electron chi connectivity index (χ0n) is 12.2. The Labute approximate surface area is 123 Å². The van der Waals surface area contributed by atoms with Gasteiger partial charge in [-0.1, -0.05) is 13.8 Å². The van der Waals surface area contributed by atoms with Gasteiger partial charge in [0.05, 0.1) is 12.6 Å². The maximum atomic E-state index is 13.8. The molecule has 21 heavy (non-hydrogen) atoms. The lowest BCUT2D eigenvalue weighted by molar-refractivity contribution is 0.0981. The van der Waals surface area contributed by atoms with Gasteiger partial charge < -0.3 is 9.67 Å². The van der Waals surface area contributed by atoms with Crippen molar-refractivity contribution < 1.29 is 13.9 Å². The normalized spacial score (nSPS) is 20.3. The molecule has 0 fully saturated rings. The van der Waals surface area contributed by atoms with Crippen molar-refractivity contribution in [1.82, 2.24) is 4.57 Å². The van der Waals surface area contributed by atoms with E-state index in [1.807, 2.05) is 16.8 Å². The first kappa shape index (κ1) is 14.3. The van der Waals surface area contributed by atoms with Gasteiger partial charge in [-0.15, -0.1) is 0 Å². The fourth-order valence-electron chi connectivity index (χ4n) is 3.18. The number of aliphatic hydroxyl groups excluding tert-OH is 1. The molecule has 1 aliphatic carbocycles. The summed E-state index contributed by atoms with van der Waals surface area (Å²) in [6.07, 6.45) is 2.91. The standard InChI is InChI=1S/C17H19F2NO/c1-17(2)8-15-13(16(21)9-17)5-6-20(15)10-11-7-12(18)3-4-14(11)19/h3-7,16,21H,8-10H2,1-2H3. The van der Waals surface area contributed by atoms with Crippen molar-refractivity contribution in [3.8, 4) is 0 Å². The van der Waals surface area contributed by atoms with Crippen molar-refractivity contribution in [2.24, 2.45) is 5.41 Å². The van der Waals surface area contributed by atoms with Gasteiger partial charge in [-0.05, 0) is 42.5 Å². The molecule has 112 valence electrons. The molecule has 3 rings (SSSR count). The number of halogens is 2. The van der Waals surface area contributed by atoms with Crippen LogP contribution in [0.15, 0.2) is 30.5 Å². The number of nitrogens with zero attached hydrogens (tertiary/aromatic N) is 1. The molecule has 0 radical (unpaired) electrons. The lowest BCUT2D eigenvalue weighted by Gasteiger charge is -2.34. The third-order valence-electron chi connectivity index (χ3n) is 4.21. The fraction of sp³-hybridized carbons (Fsp3) is 0.412. The second-order valence-corrected chi connectivity index (χ2v) is 6.64. The van der Waals surface area contributed by atoms with Crippen molar-refractivity contribution in [2.45, 2.75) is 39.3 Å². The molecule has 4 heteroatoms. The predicted octanol–water partition coefficient (Wildman–Crippen LogP) is 3.82. The lowest BCUT2D eigenvalue weighted by atomic mass is 9.75. The Morgan fingerprint density at radius 1 is 1.29 bits per heavy atom. The summed E-state index contributed by atoms with van der Waals surface area (Å²) in [6.45, 7) is 4.50. The molecule has 1 heterocycles. The van der Waals surface area contributed by atoms with Crippen LogP contribution < -0.4 is 0 Å². The maximum absolute atomic E-state index is 13.8. The highest BCUT2D eigenvalue weighted by Gasteiger charge is 2.33. The zero-order valence-corrected chi connectivity index (χ0v) is 12.2. The van der Waals surface area contributed by atoms with E-state index in [0.29, 0.717) is 5.56 Å². The molecule has 1 unspecified atom stereocenters. The molecular weight excluding hydrogens is 272 g/mol. The maximum Gasteiger partial charge on any atom is 0.128 e. The van der Waals surface area contributed by atoms with Crippen LogP contribution in [0.25, 0.3) is 0 Å².